The highest BCUT2D eigenvalue weighted by Crippen LogP contribution is 2.15. The Kier molecular flexibility index (Phi) is 13.4. The van der Waals surface area contributed by atoms with Gasteiger partial charge in [0.2, 0.25) is 0 Å². The molecule has 1 aromatic heterocycles. The van der Waals surface area contributed by atoms with Crippen molar-refractivity contribution in [1.82, 2.24) is 25.4 Å². The number of nitrogens with one attached hydrogen (secondary N) is 2. The Morgan fingerprint density at radius 1 is 1.07 bits per heavy atom. The van der Waals surface area contributed by atoms with Gasteiger partial charge in [-0.1, -0.05) is 6.42 Å². The molecular weight excluding hydrogens is 459 g/mol. The minimum Gasteiger partial charge on any atom is -0.382 e. The number of rotatable bonds is 11. The lowest BCUT2D eigenvalue weighted by molar-refractivity contribution is 0.0698. The smallest absolute Gasteiger partial charge is 0.190 e. The molecule has 9 heteroatoms. The molecule has 156 valence electrons. The summed E-state index contributed by atoms with van der Waals surface area (Å²) in [6.07, 6.45) is 7.74. The lowest BCUT2D eigenvalue weighted by Crippen LogP contribution is -2.38. The second kappa shape index (κ2) is 15.0. The third-order valence-corrected chi connectivity index (χ3v) is 4.47. The fraction of sp³-hybridized carbons (Fsp3) is 0.833. The summed E-state index contributed by atoms with van der Waals surface area (Å²) in [5.41, 5.74) is 0. The first-order valence-corrected chi connectivity index (χ1v) is 9.77. The van der Waals surface area contributed by atoms with Crippen molar-refractivity contribution in [2.75, 3.05) is 47.1 Å². The molecule has 1 aliphatic rings. The maximum absolute atomic E-state index is 5.44. The molecule has 0 spiro atoms. The lowest BCUT2D eigenvalue weighted by atomic mass is 10.2. The zero-order chi connectivity index (χ0) is 18.5. The van der Waals surface area contributed by atoms with Gasteiger partial charge in [0.05, 0.1) is 13.2 Å². The molecule has 0 unspecified atom stereocenters. The minimum atomic E-state index is 0. The summed E-state index contributed by atoms with van der Waals surface area (Å²) in [7, 11) is 3.47. The number of fused-ring (bicyclic) bond motifs is 1. The Bertz CT molecular complexity index is 538. The number of methoxy groups -OCH3 is 1. The van der Waals surface area contributed by atoms with Gasteiger partial charge >= 0.3 is 0 Å². The average Bonchev–Trinajstić information content (AvgIpc) is 2.88. The van der Waals surface area contributed by atoms with E-state index in [9.17, 15) is 0 Å². The Morgan fingerprint density at radius 2 is 1.89 bits per heavy atom. The van der Waals surface area contributed by atoms with Crippen LogP contribution in [-0.2, 0) is 28.9 Å². The van der Waals surface area contributed by atoms with E-state index in [0.29, 0.717) is 13.2 Å². The molecule has 0 amide bonds. The van der Waals surface area contributed by atoms with E-state index in [1.165, 1.54) is 19.3 Å². The third kappa shape index (κ3) is 9.20. The van der Waals surface area contributed by atoms with Crippen LogP contribution in [0.4, 0.5) is 0 Å². The van der Waals surface area contributed by atoms with Gasteiger partial charge in [0.15, 0.2) is 5.96 Å². The van der Waals surface area contributed by atoms with E-state index in [-0.39, 0.29) is 24.0 Å². The molecule has 0 bridgehead atoms. The van der Waals surface area contributed by atoms with Gasteiger partial charge < -0.3 is 24.7 Å². The first-order valence-electron chi connectivity index (χ1n) is 9.77. The summed E-state index contributed by atoms with van der Waals surface area (Å²) >= 11 is 0. The zero-order valence-electron chi connectivity index (χ0n) is 16.7. The van der Waals surface area contributed by atoms with E-state index in [1.807, 2.05) is 0 Å². The highest BCUT2D eigenvalue weighted by Gasteiger charge is 2.14. The number of aromatic nitrogens is 3. The van der Waals surface area contributed by atoms with E-state index in [0.717, 1.165) is 69.5 Å². The number of guanidine groups is 1. The van der Waals surface area contributed by atoms with E-state index in [2.05, 4.69) is 30.4 Å². The molecule has 0 aliphatic carbocycles. The summed E-state index contributed by atoms with van der Waals surface area (Å²) in [5.74, 6) is 3.12. The third-order valence-electron chi connectivity index (χ3n) is 4.47. The maximum atomic E-state index is 5.44. The van der Waals surface area contributed by atoms with E-state index in [4.69, 9.17) is 9.47 Å². The Hall–Kier alpha value is -0.940. The van der Waals surface area contributed by atoms with Gasteiger partial charge in [-0.25, -0.2) is 0 Å². The van der Waals surface area contributed by atoms with E-state index < -0.39 is 0 Å². The zero-order valence-corrected chi connectivity index (χ0v) is 19.0. The number of hydrogen-bond acceptors (Lipinski definition) is 5. The van der Waals surface area contributed by atoms with Crippen molar-refractivity contribution >= 4 is 29.9 Å². The quantitative estimate of drug-likeness (QED) is 0.211. The van der Waals surface area contributed by atoms with Crippen LogP contribution >= 0.6 is 24.0 Å². The van der Waals surface area contributed by atoms with E-state index in [1.54, 1.807) is 14.2 Å². The van der Waals surface area contributed by atoms with Crippen LogP contribution in [0.2, 0.25) is 0 Å². The fourth-order valence-electron chi connectivity index (χ4n) is 3.03. The predicted molar refractivity (Wildman–Crippen MR) is 118 cm³/mol. The fourth-order valence-corrected chi connectivity index (χ4v) is 3.03. The second-order valence-corrected chi connectivity index (χ2v) is 6.48. The Balaban J connectivity index is 0.00000364. The van der Waals surface area contributed by atoms with Crippen molar-refractivity contribution in [2.24, 2.45) is 4.99 Å². The van der Waals surface area contributed by atoms with Crippen LogP contribution in [0.15, 0.2) is 4.99 Å². The van der Waals surface area contributed by atoms with E-state index >= 15 is 0 Å². The van der Waals surface area contributed by atoms with Crippen LogP contribution < -0.4 is 10.6 Å². The van der Waals surface area contributed by atoms with Crippen molar-refractivity contribution in [1.29, 1.82) is 0 Å². The van der Waals surface area contributed by atoms with Crippen LogP contribution in [0.25, 0.3) is 0 Å². The van der Waals surface area contributed by atoms with Crippen molar-refractivity contribution in [3.8, 4) is 0 Å². The number of hydrogen-bond donors (Lipinski definition) is 2. The molecule has 8 nitrogen and oxygen atoms in total. The Morgan fingerprint density at radius 3 is 2.67 bits per heavy atom. The molecule has 1 aromatic rings. The first kappa shape index (κ1) is 24.1. The van der Waals surface area contributed by atoms with Crippen LogP contribution in [0, 0.1) is 0 Å². The first-order chi connectivity index (χ1) is 12.8. The van der Waals surface area contributed by atoms with Crippen LogP contribution in [0.3, 0.4) is 0 Å². The minimum absolute atomic E-state index is 0. The van der Waals surface area contributed by atoms with Gasteiger partial charge in [0.1, 0.15) is 11.6 Å². The summed E-state index contributed by atoms with van der Waals surface area (Å²) < 4.78 is 12.7. The summed E-state index contributed by atoms with van der Waals surface area (Å²) in [5, 5.41) is 15.4. The van der Waals surface area contributed by atoms with Crippen LogP contribution in [-0.4, -0.2) is 67.8 Å². The molecule has 0 saturated heterocycles. The number of aryl methyl sites for hydroxylation is 2. The van der Waals surface area contributed by atoms with Crippen LogP contribution in [0.5, 0.6) is 0 Å². The summed E-state index contributed by atoms with van der Waals surface area (Å²) in [4.78, 5) is 4.25. The molecule has 2 rings (SSSR count). The number of nitrogens with zero attached hydrogens (tertiary/aromatic N) is 4. The molecule has 0 atom stereocenters. The maximum Gasteiger partial charge on any atom is 0.190 e. The highest BCUT2D eigenvalue weighted by atomic mass is 127. The molecular formula is C18H35IN6O2. The summed E-state index contributed by atoms with van der Waals surface area (Å²) in [6.45, 7) is 4.80. The second-order valence-electron chi connectivity index (χ2n) is 6.48. The van der Waals surface area contributed by atoms with Gasteiger partial charge in [-0.3, -0.25) is 4.99 Å². The molecule has 0 aromatic carbocycles. The van der Waals surface area contributed by atoms with Crippen molar-refractivity contribution in [3.63, 3.8) is 0 Å². The molecule has 0 saturated carbocycles. The molecule has 2 heterocycles. The van der Waals surface area contributed by atoms with Gasteiger partial charge in [-0.15, -0.1) is 34.2 Å². The number of ether oxygens (including phenoxy) is 2. The van der Waals surface area contributed by atoms with Gasteiger partial charge in [-0.05, 0) is 25.7 Å². The van der Waals surface area contributed by atoms with Crippen molar-refractivity contribution < 1.29 is 9.47 Å². The molecule has 2 N–H and O–H groups in total. The molecule has 0 fully saturated rings. The van der Waals surface area contributed by atoms with Crippen LogP contribution in [0.1, 0.15) is 43.8 Å². The topological polar surface area (TPSA) is 85.6 Å². The predicted octanol–water partition coefficient (Wildman–Crippen LogP) is 1.77. The average molecular weight is 494 g/mol. The van der Waals surface area contributed by atoms with Gasteiger partial charge in [0, 0.05) is 53.2 Å². The molecule has 1 aliphatic heterocycles. The standard InChI is InChI=1S/C18H34N6O2.HI/c1-19-18(21-11-7-13-26-15-14-25-2)20-10-6-9-17-23-22-16-8-4-3-5-12-24(16)17;/h3-15H2,1-2H3,(H2,19,20,21);1H. The number of halogens is 1. The van der Waals surface area contributed by atoms with Gasteiger partial charge in [-0.2, -0.15) is 0 Å². The monoisotopic (exact) mass is 494 g/mol. The largest absolute Gasteiger partial charge is 0.382 e. The lowest BCUT2D eigenvalue weighted by Gasteiger charge is -2.12. The molecule has 27 heavy (non-hydrogen) atoms. The van der Waals surface area contributed by atoms with Crippen molar-refractivity contribution in [2.45, 2.75) is 51.5 Å². The van der Waals surface area contributed by atoms with Crippen molar-refractivity contribution in [3.05, 3.63) is 11.6 Å². The summed E-state index contributed by atoms with van der Waals surface area (Å²) in [6, 6.07) is 0. The Labute approximate surface area is 179 Å². The number of aliphatic imine (C=N–C) groups is 1. The molecule has 0 radical (unpaired) electrons. The van der Waals surface area contributed by atoms with Gasteiger partial charge in [0.25, 0.3) is 0 Å². The highest BCUT2D eigenvalue weighted by molar-refractivity contribution is 14.0. The normalized spacial score (nSPS) is 14.2. The SMILES string of the molecule is CN=C(NCCCOCCOC)NCCCc1nnc2n1CCCCC2.I.